The second-order valence-electron chi connectivity index (χ2n) is 15.9. The number of halogens is 4. The second-order valence-corrected chi connectivity index (χ2v) is 17.3. The topological polar surface area (TPSA) is 183 Å². The fourth-order valence-corrected chi connectivity index (χ4v) is 8.72. The molecule has 0 bridgehead atoms. The van der Waals surface area contributed by atoms with Gasteiger partial charge >= 0.3 is 12.1 Å². The van der Waals surface area contributed by atoms with Crippen LogP contribution in [0.25, 0.3) is 0 Å². The van der Waals surface area contributed by atoms with Gasteiger partial charge in [-0.15, -0.1) is 11.3 Å². The Morgan fingerprint density at radius 2 is 1.81 bits per heavy atom. The first-order valence-electron chi connectivity index (χ1n) is 21.6. The monoisotopic (exact) mass is 938 g/mol. The maximum Gasteiger partial charge on any atom is 0.490 e. The van der Waals surface area contributed by atoms with E-state index < -0.39 is 12.1 Å². The molecule has 1 spiro atoms. The van der Waals surface area contributed by atoms with Crippen LogP contribution in [0.5, 0.6) is 11.5 Å². The van der Waals surface area contributed by atoms with Crippen LogP contribution in [0, 0.1) is 0 Å². The Kier molecular flexibility index (Phi) is 18.6. The molecule has 2 saturated heterocycles. The molecule has 1 atom stereocenters. The molecule has 20 heteroatoms. The van der Waals surface area contributed by atoms with Crippen LogP contribution in [-0.2, 0) is 49.7 Å². The average Bonchev–Trinajstić information content (AvgIpc) is 3.76. The summed E-state index contributed by atoms with van der Waals surface area (Å²) in [5.74, 6) is -2.50. The average molecular weight is 939 g/mol. The number of benzene rings is 2. The lowest BCUT2D eigenvalue weighted by atomic mass is 9.89. The molecule has 4 N–H and O–H groups in total. The Morgan fingerprint density at radius 3 is 2.50 bits per heavy atom. The zero-order valence-electron chi connectivity index (χ0n) is 36.4. The van der Waals surface area contributed by atoms with Crippen LogP contribution < -0.4 is 15.4 Å². The maximum atomic E-state index is 13.3. The van der Waals surface area contributed by atoms with Crippen LogP contribution in [0.2, 0.25) is 5.02 Å². The summed E-state index contributed by atoms with van der Waals surface area (Å²) in [5.41, 5.74) is 3.54. The number of carboxylic acids is 1. The number of aromatic nitrogens is 1. The number of carboxylic acid groups (broad SMARTS) is 1. The minimum atomic E-state index is -5.08. The van der Waals surface area contributed by atoms with Crippen molar-refractivity contribution in [1.29, 1.82) is 0 Å². The lowest BCUT2D eigenvalue weighted by molar-refractivity contribution is -0.192. The van der Waals surface area contributed by atoms with Gasteiger partial charge in [-0.1, -0.05) is 49.7 Å². The molecule has 0 unspecified atom stereocenters. The van der Waals surface area contributed by atoms with Gasteiger partial charge in [0.2, 0.25) is 5.91 Å². The standard InChI is InChI=1S/C42H57ClN6O7S.C2HF3O2/c1-4-29(3)49(20-17-44-16-11-31-9-10-34(50)39-40(31)55-26-35(51)46-39)37(52)13-23-54-22-12-30-7-6-8-32(38(30)43)25-47-18-14-42(15-19-47)28-48(21-24-56-42)41(53)33-27-57-36(5-2)45-33;3-2(4,5)1(6)7/h6-10,27,29,44,50H,4-5,11-26,28H2,1-3H3,(H,46,51);(H,6,7)/t29-;/m1./s1. The second kappa shape index (κ2) is 23.6. The van der Waals surface area contributed by atoms with Crippen molar-refractivity contribution in [3.8, 4) is 11.5 Å². The largest absolute Gasteiger partial charge is 0.506 e. The third-order valence-electron chi connectivity index (χ3n) is 11.5. The number of aromatic hydroxyl groups is 1. The summed E-state index contributed by atoms with van der Waals surface area (Å²) in [6.07, 6.45) is -0.0991. The number of anilines is 1. The van der Waals surface area contributed by atoms with Gasteiger partial charge in [-0.05, 0) is 74.8 Å². The minimum absolute atomic E-state index is 0.00133. The number of aliphatic carboxylic acids is 1. The number of likely N-dealkylation sites (tertiary alicyclic amines) is 1. The van der Waals surface area contributed by atoms with E-state index in [9.17, 15) is 32.7 Å². The zero-order chi connectivity index (χ0) is 46.4. The number of hydrogen-bond donors (Lipinski definition) is 4. The van der Waals surface area contributed by atoms with Crippen LogP contribution >= 0.6 is 22.9 Å². The molecular weight excluding hydrogens is 881 g/mol. The number of rotatable bonds is 18. The first kappa shape index (κ1) is 50.5. The van der Waals surface area contributed by atoms with Crippen molar-refractivity contribution in [3.63, 3.8) is 0 Å². The Bertz CT molecular complexity index is 2070. The van der Waals surface area contributed by atoms with Crippen molar-refractivity contribution in [2.45, 2.75) is 90.1 Å². The molecule has 0 saturated carbocycles. The molecule has 0 radical (unpaired) electrons. The Morgan fingerprint density at radius 1 is 1.08 bits per heavy atom. The number of aryl methyl sites for hydroxylation is 1. The molecule has 3 aliphatic rings. The number of hydrogen-bond acceptors (Lipinski definition) is 12. The van der Waals surface area contributed by atoms with Crippen LogP contribution in [0.15, 0.2) is 35.7 Å². The Balaban J connectivity index is 0.00000102. The number of carbonyl (C=O) groups is 4. The molecule has 3 aromatic rings. The molecule has 0 aliphatic carbocycles. The lowest BCUT2D eigenvalue weighted by Crippen LogP contribution is -2.58. The fourth-order valence-electron chi connectivity index (χ4n) is 7.72. The van der Waals surface area contributed by atoms with Gasteiger partial charge in [-0.25, -0.2) is 9.78 Å². The summed E-state index contributed by atoms with van der Waals surface area (Å²) in [7, 11) is 0. The van der Waals surface area contributed by atoms with Crippen LogP contribution in [-0.4, -0.2) is 144 Å². The highest BCUT2D eigenvalue weighted by Gasteiger charge is 2.42. The quantitative estimate of drug-likeness (QED) is 0.0871. The first-order chi connectivity index (χ1) is 30.5. The molecule has 352 valence electrons. The highest BCUT2D eigenvalue weighted by molar-refractivity contribution is 7.09. The molecule has 15 nitrogen and oxygen atoms in total. The number of amides is 3. The van der Waals surface area contributed by atoms with Crippen LogP contribution in [0.4, 0.5) is 18.9 Å². The lowest BCUT2D eigenvalue weighted by Gasteiger charge is -2.47. The van der Waals surface area contributed by atoms with E-state index in [4.69, 9.17) is 35.7 Å². The Hall–Kier alpha value is -4.53. The van der Waals surface area contributed by atoms with Gasteiger partial charge in [-0.3, -0.25) is 19.3 Å². The normalized spacial score (nSPS) is 16.5. The van der Waals surface area contributed by atoms with E-state index >= 15 is 0 Å². The Labute approximate surface area is 380 Å². The summed E-state index contributed by atoms with van der Waals surface area (Å²) in [6, 6.07) is 9.63. The van der Waals surface area contributed by atoms with Gasteiger partial charge in [0.25, 0.3) is 11.8 Å². The molecule has 6 rings (SSSR count). The summed E-state index contributed by atoms with van der Waals surface area (Å²) < 4.78 is 49.6. The number of morpholine rings is 1. The van der Waals surface area contributed by atoms with Crippen molar-refractivity contribution in [2.24, 2.45) is 0 Å². The van der Waals surface area contributed by atoms with E-state index in [-0.39, 0.29) is 41.7 Å². The van der Waals surface area contributed by atoms with Crippen molar-refractivity contribution in [1.82, 2.24) is 25.0 Å². The number of piperidine rings is 1. The highest BCUT2D eigenvalue weighted by atomic mass is 35.5. The van der Waals surface area contributed by atoms with Crippen molar-refractivity contribution in [2.75, 3.05) is 77.6 Å². The molecule has 2 aromatic carbocycles. The van der Waals surface area contributed by atoms with Crippen LogP contribution in [0.3, 0.4) is 0 Å². The number of alkyl halides is 3. The summed E-state index contributed by atoms with van der Waals surface area (Å²) in [6.45, 7) is 13.0. The molecular formula is C44H58ClF3N6O9S. The third-order valence-corrected chi connectivity index (χ3v) is 13.0. The smallest absolute Gasteiger partial charge is 0.490 e. The number of phenolic OH excluding ortho intramolecular Hbond substituents is 1. The predicted molar refractivity (Wildman–Crippen MR) is 235 cm³/mol. The number of nitrogens with one attached hydrogen (secondary N) is 2. The number of carbonyl (C=O) groups excluding carboxylic acids is 3. The first-order valence-corrected chi connectivity index (χ1v) is 22.8. The number of ether oxygens (including phenoxy) is 3. The van der Waals surface area contributed by atoms with Gasteiger partial charge in [0.05, 0.1) is 43.4 Å². The summed E-state index contributed by atoms with van der Waals surface area (Å²) in [5, 5.41) is 26.9. The van der Waals surface area contributed by atoms with Gasteiger partial charge in [0.15, 0.2) is 12.4 Å². The molecule has 3 aliphatic heterocycles. The molecule has 3 amide bonds. The minimum Gasteiger partial charge on any atom is -0.506 e. The van der Waals surface area contributed by atoms with Gasteiger partial charge in [-0.2, -0.15) is 13.2 Å². The van der Waals surface area contributed by atoms with Crippen molar-refractivity contribution >= 4 is 52.3 Å². The molecule has 2 fully saturated rings. The van der Waals surface area contributed by atoms with Crippen molar-refractivity contribution < 1.29 is 56.8 Å². The predicted octanol–water partition coefficient (Wildman–Crippen LogP) is 5.94. The number of fused-ring (bicyclic) bond motifs is 1. The SMILES string of the molecule is CCc1nc(C(=O)N2CCOC3(CCN(Cc4cccc(CCOCCC(=O)N(CCNCCc5ccc(O)c6c5OCC(=O)N6)[C@H](C)CC)c4Cl)CC3)C2)cs1.O=C(O)C(F)(F)F. The van der Waals surface area contributed by atoms with Gasteiger partial charge < -0.3 is 44.9 Å². The van der Waals surface area contributed by atoms with Crippen molar-refractivity contribution in [3.05, 3.63) is 68.1 Å². The molecule has 4 heterocycles. The summed E-state index contributed by atoms with van der Waals surface area (Å²) in [4.78, 5) is 57.8. The highest BCUT2D eigenvalue weighted by Crippen LogP contribution is 2.39. The van der Waals surface area contributed by atoms with E-state index in [1.54, 1.807) is 23.5 Å². The van der Waals surface area contributed by atoms with Gasteiger partial charge in [0.1, 0.15) is 17.1 Å². The van der Waals surface area contributed by atoms with E-state index in [2.05, 4.69) is 47.4 Å². The number of phenols is 1. The maximum absolute atomic E-state index is 13.3. The third kappa shape index (κ3) is 14.0. The number of thiazole rings is 1. The van der Waals surface area contributed by atoms with Gasteiger partial charge in [0, 0.05) is 55.7 Å². The zero-order valence-corrected chi connectivity index (χ0v) is 38.0. The summed E-state index contributed by atoms with van der Waals surface area (Å²) >= 11 is 8.49. The van der Waals surface area contributed by atoms with E-state index in [1.807, 2.05) is 27.3 Å². The van der Waals surface area contributed by atoms with E-state index in [0.717, 1.165) is 72.0 Å². The van der Waals surface area contributed by atoms with E-state index in [0.29, 0.717) is 88.9 Å². The molecule has 64 heavy (non-hydrogen) atoms. The van der Waals surface area contributed by atoms with Crippen LogP contribution in [0.1, 0.15) is 78.6 Å². The fraction of sp³-hybridized carbons (Fsp3) is 0.568. The van der Waals surface area contributed by atoms with E-state index in [1.165, 1.54) is 0 Å². The number of nitrogens with zero attached hydrogens (tertiary/aromatic N) is 4. The molecule has 1 aromatic heterocycles.